The highest BCUT2D eigenvalue weighted by molar-refractivity contribution is 6.39. The Morgan fingerprint density at radius 3 is 2.22 bits per heavy atom. The molecule has 0 fully saturated rings. The fourth-order valence-electron chi connectivity index (χ4n) is 2.67. The van der Waals surface area contributed by atoms with Gasteiger partial charge in [-0.15, -0.1) is 0 Å². The second-order valence-corrected chi connectivity index (χ2v) is 5.86. The van der Waals surface area contributed by atoms with E-state index in [1.807, 2.05) is 37.3 Å². The monoisotopic (exact) mass is 371 g/mol. The van der Waals surface area contributed by atoms with Crippen molar-refractivity contribution in [2.45, 2.75) is 18.9 Å². The minimum atomic E-state index is -0.863. The molecule has 0 bridgehead atoms. The molecule has 2 rings (SSSR count). The van der Waals surface area contributed by atoms with Gasteiger partial charge in [0.05, 0.1) is 11.5 Å². The van der Waals surface area contributed by atoms with Crippen molar-refractivity contribution < 1.29 is 19.2 Å². The maximum absolute atomic E-state index is 12.1. The molecule has 1 atom stereocenters. The molecule has 2 aromatic carbocycles. The van der Waals surface area contributed by atoms with E-state index in [0.29, 0.717) is 6.42 Å². The minimum Gasteiger partial charge on any atom is -0.372 e. The summed E-state index contributed by atoms with van der Waals surface area (Å²) in [6.45, 7) is 2.05. The molecule has 142 valence electrons. The number of rotatable bonds is 7. The van der Waals surface area contributed by atoms with Crippen molar-refractivity contribution in [2.24, 2.45) is 0 Å². The van der Waals surface area contributed by atoms with Crippen LogP contribution in [0.2, 0.25) is 0 Å². The van der Waals surface area contributed by atoms with E-state index >= 15 is 0 Å². The summed E-state index contributed by atoms with van der Waals surface area (Å²) >= 11 is 0. The van der Waals surface area contributed by atoms with Crippen LogP contribution >= 0.6 is 0 Å². The maximum atomic E-state index is 12.1. The van der Waals surface area contributed by atoms with Gasteiger partial charge < -0.3 is 15.4 Å². The van der Waals surface area contributed by atoms with Gasteiger partial charge in [-0.2, -0.15) is 0 Å². The van der Waals surface area contributed by atoms with Crippen LogP contribution in [0.25, 0.3) is 0 Å². The van der Waals surface area contributed by atoms with E-state index in [-0.39, 0.29) is 17.9 Å². The Morgan fingerprint density at radius 2 is 1.70 bits per heavy atom. The number of amides is 2. The summed E-state index contributed by atoms with van der Waals surface area (Å²) in [7, 11) is 1.56. The topological polar surface area (TPSA) is 111 Å². The number of hydrogen-bond donors (Lipinski definition) is 2. The summed E-state index contributed by atoms with van der Waals surface area (Å²) in [5, 5.41) is 15.6. The molecule has 8 nitrogen and oxygen atoms in total. The number of carbonyl (C=O) groups is 2. The summed E-state index contributed by atoms with van der Waals surface area (Å²) in [6.07, 6.45) is 0.595. The van der Waals surface area contributed by atoms with Crippen LogP contribution < -0.4 is 10.6 Å². The molecular formula is C19H21N3O5. The van der Waals surface area contributed by atoms with E-state index in [1.165, 1.54) is 24.3 Å². The quantitative estimate of drug-likeness (QED) is 0.441. The third kappa shape index (κ3) is 4.89. The average molecular weight is 371 g/mol. The van der Waals surface area contributed by atoms with Crippen LogP contribution in [-0.4, -0.2) is 30.4 Å². The van der Waals surface area contributed by atoms with Gasteiger partial charge in [-0.25, -0.2) is 0 Å². The van der Waals surface area contributed by atoms with E-state index in [0.717, 1.165) is 5.56 Å². The molecule has 1 unspecified atom stereocenters. The first-order chi connectivity index (χ1) is 12.9. The van der Waals surface area contributed by atoms with Crippen molar-refractivity contribution in [3.63, 3.8) is 0 Å². The van der Waals surface area contributed by atoms with Crippen molar-refractivity contribution in [2.75, 3.05) is 19.0 Å². The second kappa shape index (κ2) is 8.91. The molecule has 0 aliphatic carbocycles. The summed E-state index contributed by atoms with van der Waals surface area (Å²) < 4.78 is 5.65. The van der Waals surface area contributed by atoms with Crippen LogP contribution in [0.3, 0.4) is 0 Å². The van der Waals surface area contributed by atoms with Crippen molar-refractivity contribution >= 4 is 23.2 Å². The lowest BCUT2D eigenvalue weighted by Crippen LogP contribution is -2.45. The molecule has 27 heavy (non-hydrogen) atoms. The number of hydrogen-bond acceptors (Lipinski definition) is 5. The lowest BCUT2D eigenvalue weighted by molar-refractivity contribution is -0.384. The lowest BCUT2D eigenvalue weighted by Gasteiger charge is -2.32. The summed E-state index contributed by atoms with van der Waals surface area (Å²) in [5.41, 5.74) is 0.335. The Bertz CT molecular complexity index is 802. The number of anilines is 1. The maximum Gasteiger partial charge on any atom is 0.313 e. The largest absolute Gasteiger partial charge is 0.372 e. The Balaban J connectivity index is 2.00. The van der Waals surface area contributed by atoms with Crippen LogP contribution in [0.5, 0.6) is 0 Å². The predicted molar refractivity (Wildman–Crippen MR) is 100 cm³/mol. The number of nitrogens with one attached hydrogen (secondary N) is 2. The molecule has 0 saturated carbocycles. The van der Waals surface area contributed by atoms with Crippen molar-refractivity contribution in [3.05, 3.63) is 70.3 Å². The number of nitro groups is 1. The number of ether oxygens (including phenoxy) is 1. The van der Waals surface area contributed by atoms with Gasteiger partial charge >= 0.3 is 11.8 Å². The van der Waals surface area contributed by atoms with Gasteiger partial charge in [-0.1, -0.05) is 37.3 Å². The van der Waals surface area contributed by atoms with Crippen molar-refractivity contribution in [1.82, 2.24) is 5.32 Å². The zero-order valence-corrected chi connectivity index (χ0v) is 15.1. The van der Waals surface area contributed by atoms with Gasteiger partial charge in [0.1, 0.15) is 5.60 Å². The number of nitro benzene ring substituents is 1. The Labute approximate surface area is 156 Å². The first kappa shape index (κ1) is 20.1. The minimum absolute atomic E-state index is 0.104. The van der Waals surface area contributed by atoms with Gasteiger partial charge in [0.2, 0.25) is 0 Å². The molecule has 0 aliphatic heterocycles. The van der Waals surface area contributed by atoms with E-state index < -0.39 is 22.3 Å². The summed E-state index contributed by atoms with van der Waals surface area (Å²) in [6, 6.07) is 14.6. The van der Waals surface area contributed by atoms with E-state index in [1.54, 1.807) is 7.11 Å². The Hall–Kier alpha value is -3.26. The zero-order chi connectivity index (χ0) is 19.9. The van der Waals surface area contributed by atoms with Gasteiger partial charge in [0, 0.05) is 24.9 Å². The average Bonchev–Trinajstić information content (AvgIpc) is 2.70. The fourth-order valence-corrected chi connectivity index (χ4v) is 2.67. The highest BCUT2D eigenvalue weighted by Gasteiger charge is 2.31. The second-order valence-electron chi connectivity index (χ2n) is 5.86. The molecular weight excluding hydrogens is 350 g/mol. The fraction of sp³-hybridized carbons (Fsp3) is 0.263. The lowest BCUT2D eigenvalue weighted by atomic mass is 9.90. The summed E-state index contributed by atoms with van der Waals surface area (Å²) in [4.78, 5) is 34.3. The zero-order valence-electron chi connectivity index (χ0n) is 15.1. The molecule has 0 saturated heterocycles. The number of non-ortho nitro benzene ring substituents is 1. The molecule has 2 aromatic rings. The highest BCUT2D eigenvalue weighted by atomic mass is 16.6. The molecule has 0 aliphatic rings. The number of benzene rings is 2. The molecule has 2 amide bonds. The molecule has 8 heteroatoms. The van der Waals surface area contributed by atoms with Crippen LogP contribution in [0.4, 0.5) is 11.4 Å². The molecule has 0 aromatic heterocycles. The van der Waals surface area contributed by atoms with Crippen molar-refractivity contribution in [1.29, 1.82) is 0 Å². The highest BCUT2D eigenvalue weighted by Crippen LogP contribution is 2.28. The van der Waals surface area contributed by atoms with Crippen LogP contribution in [0.15, 0.2) is 54.6 Å². The molecule has 0 radical (unpaired) electrons. The summed E-state index contributed by atoms with van der Waals surface area (Å²) in [5.74, 6) is -1.68. The van der Waals surface area contributed by atoms with E-state index in [9.17, 15) is 19.7 Å². The van der Waals surface area contributed by atoms with Crippen LogP contribution in [0, 0.1) is 10.1 Å². The number of carbonyl (C=O) groups excluding carboxylic acids is 2. The van der Waals surface area contributed by atoms with E-state index in [2.05, 4.69) is 10.6 Å². The van der Waals surface area contributed by atoms with E-state index in [4.69, 9.17) is 4.74 Å². The van der Waals surface area contributed by atoms with Crippen molar-refractivity contribution in [3.8, 4) is 0 Å². The predicted octanol–water partition coefficient (Wildman–Crippen LogP) is 2.60. The third-order valence-corrected chi connectivity index (χ3v) is 4.34. The Morgan fingerprint density at radius 1 is 1.07 bits per heavy atom. The number of methoxy groups -OCH3 is 1. The smallest absolute Gasteiger partial charge is 0.313 e. The van der Waals surface area contributed by atoms with Gasteiger partial charge in [-0.05, 0) is 24.1 Å². The number of nitrogens with zero attached hydrogens (tertiary/aromatic N) is 1. The normalized spacial score (nSPS) is 12.7. The van der Waals surface area contributed by atoms with Crippen LogP contribution in [0.1, 0.15) is 18.9 Å². The van der Waals surface area contributed by atoms with Gasteiger partial charge in [0.25, 0.3) is 5.69 Å². The van der Waals surface area contributed by atoms with Gasteiger partial charge in [0.15, 0.2) is 0 Å². The van der Waals surface area contributed by atoms with Crippen LogP contribution in [-0.2, 0) is 19.9 Å². The Kier molecular flexibility index (Phi) is 6.62. The molecule has 0 spiro atoms. The standard InChI is InChI=1S/C19H21N3O5/c1-3-19(27-2,14-7-5-4-6-8-14)13-20-17(23)18(24)21-15-9-11-16(12-10-15)22(25)26/h4-12H,3,13H2,1-2H3,(H,20,23)(H,21,24). The molecule has 2 N–H and O–H groups in total. The third-order valence-electron chi connectivity index (χ3n) is 4.34. The first-order valence-corrected chi connectivity index (χ1v) is 8.36. The van der Waals surface area contributed by atoms with Gasteiger partial charge in [-0.3, -0.25) is 19.7 Å². The molecule has 0 heterocycles. The SMILES string of the molecule is CCC(CNC(=O)C(=O)Nc1ccc([N+](=O)[O-])cc1)(OC)c1ccccc1. The first-order valence-electron chi connectivity index (χ1n) is 8.36.